The first-order valence-electron chi connectivity index (χ1n) is 6.49. The number of nitrogens with two attached hydrogens (primary N) is 1. The van der Waals surface area contributed by atoms with E-state index >= 15 is 0 Å². The van der Waals surface area contributed by atoms with Gasteiger partial charge >= 0.3 is 0 Å². The molecule has 2 aromatic carbocycles. The highest BCUT2D eigenvalue weighted by Crippen LogP contribution is 2.22. The lowest BCUT2D eigenvalue weighted by molar-refractivity contribution is 0.259. The number of benzene rings is 2. The third-order valence-corrected chi connectivity index (χ3v) is 4.91. The predicted molar refractivity (Wildman–Crippen MR) is 82.2 cm³/mol. The number of aliphatic hydroxyl groups excluding tert-OH is 1. The van der Waals surface area contributed by atoms with Crippen LogP contribution in [-0.2, 0) is 10.0 Å². The number of aliphatic hydroxyl groups is 1. The van der Waals surface area contributed by atoms with E-state index in [-0.39, 0.29) is 11.5 Å². The van der Waals surface area contributed by atoms with Gasteiger partial charge in [0.05, 0.1) is 17.5 Å². The van der Waals surface area contributed by atoms with E-state index in [1.165, 1.54) is 6.07 Å². The molecule has 2 aromatic rings. The van der Waals surface area contributed by atoms with Crippen molar-refractivity contribution in [2.75, 3.05) is 12.3 Å². The van der Waals surface area contributed by atoms with E-state index in [0.29, 0.717) is 16.8 Å². The molecule has 0 heterocycles. The van der Waals surface area contributed by atoms with Gasteiger partial charge in [-0.2, -0.15) is 0 Å². The van der Waals surface area contributed by atoms with Crippen LogP contribution in [0.2, 0.25) is 0 Å². The van der Waals surface area contributed by atoms with E-state index < -0.39 is 16.1 Å². The molecule has 0 aliphatic carbocycles. The van der Waals surface area contributed by atoms with E-state index in [0.717, 1.165) is 0 Å². The molecule has 5 nitrogen and oxygen atoms in total. The lowest BCUT2D eigenvalue weighted by Gasteiger charge is -2.18. The summed E-state index contributed by atoms with van der Waals surface area (Å²) in [5, 5.41) is 9.46. The minimum atomic E-state index is -3.76. The van der Waals surface area contributed by atoms with Gasteiger partial charge in [0.15, 0.2) is 0 Å². The van der Waals surface area contributed by atoms with Crippen LogP contribution >= 0.6 is 0 Å². The van der Waals surface area contributed by atoms with Gasteiger partial charge in [-0.25, -0.2) is 13.1 Å². The summed E-state index contributed by atoms with van der Waals surface area (Å²) in [5.74, 6) is 0. The molecule has 0 aliphatic heterocycles. The second-order valence-corrected chi connectivity index (χ2v) is 6.42. The van der Waals surface area contributed by atoms with Crippen LogP contribution in [0.5, 0.6) is 0 Å². The second-order valence-electron chi connectivity index (χ2n) is 4.74. The molecule has 6 heteroatoms. The van der Waals surface area contributed by atoms with Crippen LogP contribution in [0, 0.1) is 6.92 Å². The van der Waals surface area contributed by atoms with Crippen LogP contribution in [0.15, 0.2) is 53.4 Å². The highest BCUT2D eigenvalue weighted by molar-refractivity contribution is 7.89. The molecule has 4 N–H and O–H groups in total. The fraction of sp³-hybridized carbons (Fsp3) is 0.200. The maximum atomic E-state index is 12.5. The van der Waals surface area contributed by atoms with Crippen LogP contribution in [-0.4, -0.2) is 20.1 Å². The number of sulfonamides is 1. The molecule has 0 radical (unpaired) electrons. The van der Waals surface area contributed by atoms with Crippen molar-refractivity contribution in [3.8, 4) is 0 Å². The molecule has 0 aliphatic rings. The van der Waals surface area contributed by atoms with E-state index in [1.54, 1.807) is 43.3 Å². The molecule has 0 saturated heterocycles. The number of hydrogen-bond acceptors (Lipinski definition) is 4. The highest BCUT2D eigenvalue weighted by Gasteiger charge is 2.22. The third kappa shape index (κ3) is 3.41. The fourth-order valence-electron chi connectivity index (χ4n) is 2.07. The van der Waals surface area contributed by atoms with Gasteiger partial charge in [-0.15, -0.1) is 0 Å². The van der Waals surface area contributed by atoms with Crippen molar-refractivity contribution >= 4 is 15.7 Å². The van der Waals surface area contributed by atoms with Gasteiger partial charge in [-0.3, -0.25) is 0 Å². The van der Waals surface area contributed by atoms with Gasteiger partial charge in [0, 0.05) is 5.69 Å². The molecule has 0 bridgehead atoms. The zero-order valence-corrected chi connectivity index (χ0v) is 12.5. The number of nitrogen functional groups attached to an aromatic ring is 1. The summed E-state index contributed by atoms with van der Waals surface area (Å²) in [6, 6.07) is 13.0. The number of hydrogen-bond donors (Lipinski definition) is 3. The maximum Gasteiger partial charge on any atom is 0.241 e. The fourth-order valence-corrected chi connectivity index (χ4v) is 3.56. The van der Waals surface area contributed by atoms with Crippen molar-refractivity contribution in [2.45, 2.75) is 17.9 Å². The molecule has 0 aromatic heterocycles. The third-order valence-electron chi connectivity index (χ3n) is 3.30. The Kier molecular flexibility index (Phi) is 4.62. The molecule has 112 valence electrons. The zero-order valence-electron chi connectivity index (χ0n) is 11.7. The second kappa shape index (κ2) is 6.26. The van der Waals surface area contributed by atoms with Gasteiger partial charge in [-0.05, 0) is 30.2 Å². The number of anilines is 1. The first-order chi connectivity index (χ1) is 9.95. The molecule has 21 heavy (non-hydrogen) atoms. The molecule has 1 atom stereocenters. The minimum absolute atomic E-state index is 0.122. The Hall–Kier alpha value is -1.89. The normalized spacial score (nSPS) is 13.0. The van der Waals surface area contributed by atoms with Gasteiger partial charge in [0.2, 0.25) is 10.0 Å². The largest absolute Gasteiger partial charge is 0.398 e. The molecule has 0 amide bonds. The Morgan fingerprint density at radius 3 is 2.43 bits per heavy atom. The van der Waals surface area contributed by atoms with Crippen LogP contribution < -0.4 is 10.5 Å². The molecule has 0 unspecified atom stereocenters. The Labute approximate surface area is 124 Å². The van der Waals surface area contributed by atoms with Crippen LogP contribution in [0.25, 0.3) is 0 Å². The van der Waals surface area contributed by atoms with E-state index in [9.17, 15) is 13.5 Å². The topological polar surface area (TPSA) is 92.4 Å². The Morgan fingerprint density at radius 1 is 1.14 bits per heavy atom. The Bertz CT molecular complexity index is 715. The summed E-state index contributed by atoms with van der Waals surface area (Å²) in [6.07, 6.45) is 0. The molecular formula is C15H18N2O3S. The van der Waals surface area contributed by atoms with Crippen molar-refractivity contribution in [3.05, 3.63) is 59.7 Å². The molecule has 0 fully saturated rings. The van der Waals surface area contributed by atoms with Crippen molar-refractivity contribution < 1.29 is 13.5 Å². The summed E-state index contributed by atoms with van der Waals surface area (Å²) in [7, 11) is -3.76. The van der Waals surface area contributed by atoms with Crippen molar-refractivity contribution in [2.24, 2.45) is 0 Å². The van der Waals surface area contributed by atoms with Crippen molar-refractivity contribution in [1.29, 1.82) is 0 Å². The van der Waals surface area contributed by atoms with Crippen molar-refractivity contribution in [1.82, 2.24) is 4.72 Å². The van der Waals surface area contributed by atoms with Gasteiger partial charge in [0.25, 0.3) is 0 Å². The Balaban J connectivity index is 2.34. The highest BCUT2D eigenvalue weighted by atomic mass is 32.2. The first kappa shape index (κ1) is 15.5. The van der Waals surface area contributed by atoms with Gasteiger partial charge < -0.3 is 10.8 Å². The van der Waals surface area contributed by atoms with Crippen LogP contribution in [0.4, 0.5) is 5.69 Å². The average Bonchev–Trinajstić information content (AvgIpc) is 2.48. The maximum absolute atomic E-state index is 12.5. The number of rotatable bonds is 5. The molecule has 0 spiro atoms. The van der Waals surface area contributed by atoms with E-state index in [1.807, 2.05) is 6.07 Å². The monoisotopic (exact) mass is 306 g/mol. The predicted octanol–water partition coefficient (Wildman–Crippen LogP) is 1.59. The summed E-state index contributed by atoms with van der Waals surface area (Å²) >= 11 is 0. The zero-order chi connectivity index (χ0) is 15.5. The summed E-state index contributed by atoms with van der Waals surface area (Å²) in [4.78, 5) is 0.122. The van der Waals surface area contributed by atoms with Crippen molar-refractivity contribution in [3.63, 3.8) is 0 Å². The Morgan fingerprint density at radius 2 is 1.81 bits per heavy atom. The summed E-state index contributed by atoms with van der Waals surface area (Å²) < 4.78 is 27.5. The lowest BCUT2D eigenvalue weighted by atomic mass is 10.1. The van der Waals surface area contributed by atoms with Crippen LogP contribution in [0.3, 0.4) is 0 Å². The minimum Gasteiger partial charge on any atom is -0.398 e. The van der Waals surface area contributed by atoms with Gasteiger partial charge in [0.1, 0.15) is 0 Å². The first-order valence-corrected chi connectivity index (χ1v) is 7.97. The lowest BCUT2D eigenvalue weighted by Crippen LogP contribution is -2.31. The molecule has 2 rings (SSSR count). The summed E-state index contributed by atoms with van der Waals surface area (Å²) in [5.41, 5.74) is 7.36. The van der Waals surface area contributed by atoms with E-state index in [2.05, 4.69) is 4.72 Å². The van der Waals surface area contributed by atoms with E-state index in [4.69, 9.17) is 5.73 Å². The summed E-state index contributed by atoms with van der Waals surface area (Å²) in [6.45, 7) is 1.32. The standard InChI is InChI=1S/C15H18N2O3S/c1-11-13(16)8-5-9-15(11)21(19,20)17-14(10-18)12-6-3-2-4-7-12/h2-9,14,17-18H,10,16H2,1H3/t14-/m1/s1. The van der Waals surface area contributed by atoms with Crippen LogP contribution in [0.1, 0.15) is 17.2 Å². The molecule has 0 saturated carbocycles. The smallest absolute Gasteiger partial charge is 0.241 e. The molecular weight excluding hydrogens is 288 g/mol. The number of nitrogens with one attached hydrogen (secondary N) is 1. The van der Waals surface area contributed by atoms with Gasteiger partial charge in [-0.1, -0.05) is 36.4 Å². The average molecular weight is 306 g/mol. The SMILES string of the molecule is Cc1c(N)cccc1S(=O)(=O)N[C@H](CO)c1ccccc1. The quantitative estimate of drug-likeness (QED) is 0.731.